The van der Waals surface area contributed by atoms with Crippen molar-refractivity contribution in [2.24, 2.45) is 22.6 Å². The molecule has 1 fully saturated rings. The van der Waals surface area contributed by atoms with Crippen LogP contribution >= 0.6 is 0 Å². The third kappa shape index (κ3) is 0.655. The molecule has 0 radical (unpaired) electrons. The molecule has 1 aliphatic carbocycles. The fraction of sp³-hybridized carbons (Fsp3) is 0.857. The monoisotopic (exact) mass is 124 g/mol. The van der Waals surface area contributed by atoms with Crippen molar-refractivity contribution in [1.82, 2.24) is 0 Å². The van der Waals surface area contributed by atoms with Gasteiger partial charge in [-0.3, -0.25) is 4.99 Å². The van der Waals surface area contributed by atoms with Crippen LogP contribution in [0.5, 0.6) is 0 Å². The molecule has 2 rings (SSSR count). The van der Waals surface area contributed by atoms with Gasteiger partial charge in [0.2, 0.25) is 0 Å². The molecule has 1 aliphatic heterocycles. The molecule has 50 valence electrons. The third-order valence-corrected chi connectivity index (χ3v) is 2.55. The smallest absolute Gasteiger partial charge is 0.0972 e. The fourth-order valence-corrected chi connectivity index (χ4v) is 1.98. The highest BCUT2D eigenvalue weighted by Gasteiger charge is 2.33. The second-order valence-corrected chi connectivity index (χ2v) is 3.06. The van der Waals surface area contributed by atoms with Gasteiger partial charge in [-0.1, -0.05) is 6.42 Å². The van der Waals surface area contributed by atoms with E-state index in [1.54, 1.807) is 0 Å². The third-order valence-electron chi connectivity index (χ3n) is 2.55. The summed E-state index contributed by atoms with van der Waals surface area (Å²) in [5, 5.41) is 0. The predicted octanol–water partition coefficient (Wildman–Crippen LogP) is 0.774. The van der Waals surface area contributed by atoms with Gasteiger partial charge in [0.1, 0.15) is 0 Å². The lowest BCUT2D eigenvalue weighted by atomic mass is 9.99. The van der Waals surface area contributed by atoms with E-state index in [4.69, 9.17) is 5.73 Å². The van der Waals surface area contributed by atoms with Gasteiger partial charge in [-0.2, -0.15) is 0 Å². The van der Waals surface area contributed by atoms with Crippen molar-refractivity contribution >= 4 is 5.84 Å². The van der Waals surface area contributed by atoms with Gasteiger partial charge in [0.25, 0.3) is 0 Å². The second kappa shape index (κ2) is 1.72. The molecule has 0 spiro atoms. The van der Waals surface area contributed by atoms with Crippen molar-refractivity contribution in [3.05, 3.63) is 0 Å². The number of fused-ring (bicyclic) bond motifs is 1. The van der Waals surface area contributed by atoms with Gasteiger partial charge >= 0.3 is 0 Å². The number of amidine groups is 1. The molecule has 0 aromatic heterocycles. The van der Waals surface area contributed by atoms with Crippen molar-refractivity contribution in [1.29, 1.82) is 0 Å². The molecule has 1 saturated carbocycles. The van der Waals surface area contributed by atoms with Crippen LogP contribution in [0, 0.1) is 11.8 Å². The molecule has 0 aromatic carbocycles. The first-order valence-electron chi connectivity index (χ1n) is 3.68. The molecular formula is C7H12N2. The van der Waals surface area contributed by atoms with Crippen LogP contribution in [0.2, 0.25) is 0 Å². The molecule has 2 atom stereocenters. The van der Waals surface area contributed by atoms with E-state index in [0.29, 0.717) is 5.92 Å². The first-order valence-corrected chi connectivity index (χ1v) is 3.68. The number of rotatable bonds is 0. The molecule has 2 N–H and O–H groups in total. The van der Waals surface area contributed by atoms with E-state index in [1.165, 1.54) is 19.3 Å². The maximum absolute atomic E-state index is 5.67. The van der Waals surface area contributed by atoms with Crippen LogP contribution in [-0.4, -0.2) is 12.4 Å². The van der Waals surface area contributed by atoms with Crippen molar-refractivity contribution in [3.8, 4) is 0 Å². The Hall–Kier alpha value is -0.530. The van der Waals surface area contributed by atoms with Gasteiger partial charge in [-0.05, 0) is 18.8 Å². The largest absolute Gasteiger partial charge is 0.387 e. The summed E-state index contributed by atoms with van der Waals surface area (Å²) < 4.78 is 0. The van der Waals surface area contributed by atoms with Crippen LogP contribution in [0.15, 0.2) is 4.99 Å². The van der Waals surface area contributed by atoms with Crippen LogP contribution < -0.4 is 5.73 Å². The lowest BCUT2D eigenvalue weighted by Gasteiger charge is -2.05. The number of nitrogens with zero attached hydrogens (tertiary/aromatic N) is 1. The summed E-state index contributed by atoms with van der Waals surface area (Å²) in [4.78, 5) is 4.22. The van der Waals surface area contributed by atoms with Crippen LogP contribution in [0.25, 0.3) is 0 Å². The summed E-state index contributed by atoms with van der Waals surface area (Å²) in [7, 11) is 0. The van der Waals surface area contributed by atoms with Crippen LogP contribution in [-0.2, 0) is 0 Å². The fourth-order valence-electron chi connectivity index (χ4n) is 1.98. The Bertz CT molecular complexity index is 151. The first-order chi connectivity index (χ1) is 4.38. The topological polar surface area (TPSA) is 38.4 Å². The Morgan fingerprint density at radius 1 is 1.44 bits per heavy atom. The highest BCUT2D eigenvalue weighted by Crippen LogP contribution is 2.35. The molecule has 2 aliphatic rings. The molecular weight excluding hydrogens is 112 g/mol. The van der Waals surface area contributed by atoms with Crippen LogP contribution in [0.4, 0.5) is 0 Å². The van der Waals surface area contributed by atoms with Gasteiger partial charge in [-0.15, -0.1) is 0 Å². The first kappa shape index (κ1) is 5.27. The van der Waals surface area contributed by atoms with Gasteiger partial charge in [-0.25, -0.2) is 0 Å². The van der Waals surface area contributed by atoms with Gasteiger partial charge in [0, 0.05) is 12.5 Å². The zero-order valence-corrected chi connectivity index (χ0v) is 5.51. The zero-order chi connectivity index (χ0) is 6.27. The normalized spacial score (nSPS) is 40.7. The predicted molar refractivity (Wildman–Crippen MR) is 37.3 cm³/mol. The second-order valence-electron chi connectivity index (χ2n) is 3.06. The molecule has 9 heavy (non-hydrogen) atoms. The van der Waals surface area contributed by atoms with Crippen molar-refractivity contribution in [2.45, 2.75) is 19.3 Å². The SMILES string of the molecule is NC1=NCC2CCCC12. The molecule has 2 nitrogen and oxygen atoms in total. The Morgan fingerprint density at radius 2 is 2.33 bits per heavy atom. The molecule has 0 bridgehead atoms. The summed E-state index contributed by atoms with van der Waals surface area (Å²) in [6.07, 6.45) is 4.01. The molecule has 2 heteroatoms. The molecule has 1 heterocycles. The summed E-state index contributed by atoms with van der Waals surface area (Å²) in [6, 6.07) is 0. The zero-order valence-electron chi connectivity index (χ0n) is 5.51. The van der Waals surface area contributed by atoms with E-state index in [2.05, 4.69) is 4.99 Å². The summed E-state index contributed by atoms with van der Waals surface area (Å²) in [5.74, 6) is 2.42. The quantitative estimate of drug-likeness (QED) is 0.509. The molecule has 0 amide bonds. The number of nitrogens with two attached hydrogens (primary N) is 1. The van der Waals surface area contributed by atoms with Gasteiger partial charge in [0.15, 0.2) is 0 Å². The molecule has 2 unspecified atom stereocenters. The van der Waals surface area contributed by atoms with Crippen molar-refractivity contribution < 1.29 is 0 Å². The average Bonchev–Trinajstić information content (AvgIpc) is 2.35. The van der Waals surface area contributed by atoms with Gasteiger partial charge in [0.05, 0.1) is 5.84 Å². The number of hydrogen-bond acceptors (Lipinski definition) is 2. The van der Waals surface area contributed by atoms with Crippen LogP contribution in [0.1, 0.15) is 19.3 Å². The highest BCUT2D eigenvalue weighted by molar-refractivity contribution is 5.85. The van der Waals surface area contributed by atoms with Crippen molar-refractivity contribution in [3.63, 3.8) is 0 Å². The van der Waals surface area contributed by atoms with E-state index < -0.39 is 0 Å². The Labute approximate surface area is 55.2 Å². The average molecular weight is 124 g/mol. The summed E-state index contributed by atoms with van der Waals surface area (Å²) in [6.45, 7) is 1.01. The van der Waals surface area contributed by atoms with E-state index in [-0.39, 0.29) is 0 Å². The molecule has 0 saturated heterocycles. The molecule has 0 aromatic rings. The minimum atomic E-state index is 0.671. The minimum Gasteiger partial charge on any atom is -0.387 e. The maximum Gasteiger partial charge on any atom is 0.0972 e. The number of aliphatic imine (C=N–C) groups is 1. The summed E-state index contributed by atoms with van der Waals surface area (Å²) in [5.41, 5.74) is 5.67. The summed E-state index contributed by atoms with van der Waals surface area (Å²) >= 11 is 0. The van der Waals surface area contributed by atoms with E-state index in [9.17, 15) is 0 Å². The maximum atomic E-state index is 5.67. The standard InChI is InChI=1S/C7H12N2/c8-7-6-3-1-2-5(6)4-9-7/h5-6H,1-4H2,(H2,8,9). The van der Waals surface area contributed by atoms with Crippen LogP contribution in [0.3, 0.4) is 0 Å². The van der Waals surface area contributed by atoms with Crippen molar-refractivity contribution in [2.75, 3.05) is 6.54 Å². The van der Waals surface area contributed by atoms with Gasteiger partial charge < -0.3 is 5.73 Å². The van der Waals surface area contributed by atoms with E-state index >= 15 is 0 Å². The Morgan fingerprint density at radius 3 is 3.11 bits per heavy atom. The Balaban J connectivity index is 2.16. The lowest BCUT2D eigenvalue weighted by molar-refractivity contribution is 0.529. The Kier molecular flexibility index (Phi) is 1.01. The lowest BCUT2D eigenvalue weighted by Crippen LogP contribution is -2.20. The van der Waals surface area contributed by atoms with E-state index in [0.717, 1.165) is 18.3 Å². The minimum absolute atomic E-state index is 0.671. The highest BCUT2D eigenvalue weighted by atomic mass is 14.9. The number of hydrogen-bond donors (Lipinski definition) is 1. The van der Waals surface area contributed by atoms with E-state index in [1.807, 2.05) is 0 Å².